The first-order valence-electron chi connectivity index (χ1n) is 11.6. The Hall–Kier alpha value is -3.12. The average Bonchev–Trinajstić information content (AvgIpc) is 3.06. The SMILES string of the molecule is CCc1ccc2oc3c(c(=O)c2c1)C(c1ccc(OC(C)C)cc1)N(CCCN(C)C)C3=O. The van der Waals surface area contributed by atoms with Crippen molar-refractivity contribution < 1.29 is 13.9 Å². The third-order valence-corrected chi connectivity index (χ3v) is 6.01. The number of benzene rings is 2. The lowest BCUT2D eigenvalue weighted by molar-refractivity contribution is 0.0722. The highest BCUT2D eigenvalue weighted by atomic mass is 16.5. The highest BCUT2D eigenvalue weighted by Crippen LogP contribution is 2.38. The molecule has 2 aromatic carbocycles. The summed E-state index contributed by atoms with van der Waals surface area (Å²) in [6.07, 6.45) is 1.69. The molecule has 6 heteroatoms. The Balaban J connectivity index is 1.83. The topological polar surface area (TPSA) is 63.0 Å². The van der Waals surface area contributed by atoms with Crippen molar-refractivity contribution in [2.24, 2.45) is 0 Å². The fourth-order valence-corrected chi connectivity index (χ4v) is 4.42. The average molecular weight is 449 g/mol. The molecule has 1 amide bonds. The molecular weight excluding hydrogens is 416 g/mol. The van der Waals surface area contributed by atoms with Gasteiger partial charge in [0.1, 0.15) is 11.3 Å². The third kappa shape index (κ3) is 4.53. The predicted molar refractivity (Wildman–Crippen MR) is 130 cm³/mol. The Morgan fingerprint density at radius 3 is 2.45 bits per heavy atom. The summed E-state index contributed by atoms with van der Waals surface area (Å²) in [7, 11) is 4.02. The minimum Gasteiger partial charge on any atom is -0.491 e. The van der Waals surface area contributed by atoms with Gasteiger partial charge in [-0.15, -0.1) is 0 Å². The van der Waals surface area contributed by atoms with Crippen LogP contribution in [0.5, 0.6) is 5.75 Å². The maximum Gasteiger partial charge on any atom is 0.290 e. The monoisotopic (exact) mass is 448 g/mol. The summed E-state index contributed by atoms with van der Waals surface area (Å²) in [4.78, 5) is 31.0. The molecule has 1 aliphatic heterocycles. The Bertz CT molecular complexity index is 1210. The van der Waals surface area contributed by atoms with E-state index in [9.17, 15) is 9.59 Å². The van der Waals surface area contributed by atoms with Crippen LogP contribution in [0.4, 0.5) is 0 Å². The molecule has 0 saturated carbocycles. The molecule has 0 bridgehead atoms. The lowest BCUT2D eigenvalue weighted by atomic mass is 9.97. The van der Waals surface area contributed by atoms with E-state index < -0.39 is 6.04 Å². The molecule has 0 fully saturated rings. The number of rotatable bonds is 8. The van der Waals surface area contributed by atoms with Crippen molar-refractivity contribution in [3.63, 3.8) is 0 Å². The molecule has 3 aromatic rings. The van der Waals surface area contributed by atoms with Gasteiger partial charge in [-0.2, -0.15) is 0 Å². The van der Waals surface area contributed by atoms with Crippen LogP contribution in [-0.2, 0) is 6.42 Å². The van der Waals surface area contributed by atoms with Crippen molar-refractivity contribution >= 4 is 16.9 Å². The first-order valence-corrected chi connectivity index (χ1v) is 11.6. The van der Waals surface area contributed by atoms with E-state index in [2.05, 4.69) is 11.8 Å². The van der Waals surface area contributed by atoms with E-state index in [1.165, 1.54) is 0 Å². The molecule has 1 aliphatic rings. The smallest absolute Gasteiger partial charge is 0.290 e. The number of nitrogens with zero attached hydrogens (tertiary/aromatic N) is 2. The maximum absolute atomic E-state index is 13.7. The van der Waals surface area contributed by atoms with E-state index in [1.54, 1.807) is 11.0 Å². The molecule has 2 heterocycles. The zero-order chi connectivity index (χ0) is 23.7. The zero-order valence-electron chi connectivity index (χ0n) is 20.1. The van der Waals surface area contributed by atoms with Crippen LogP contribution in [0.15, 0.2) is 51.7 Å². The third-order valence-electron chi connectivity index (χ3n) is 6.01. The summed E-state index contributed by atoms with van der Waals surface area (Å²) < 4.78 is 11.8. The van der Waals surface area contributed by atoms with Crippen molar-refractivity contribution in [1.82, 2.24) is 9.80 Å². The van der Waals surface area contributed by atoms with E-state index in [1.807, 2.05) is 64.3 Å². The number of carbonyl (C=O) groups is 1. The molecule has 1 aromatic heterocycles. The summed E-state index contributed by atoms with van der Waals surface area (Å²) in [5, 5.41) is 0.529. The maximum atomic E-state index is 13.7. The molecule has 0 aliphatic carbocycles. The van der Waals surface area contributed by atoms with Crippen molar-refractivity contribution in [2.45, 2.75) is 45.8 Å². The van der Waals surface area contributed by atoms with E-state index in [-0.39, 0.29) is 23.2 Å². The van der Waals surface area contributed by atoms with Crippen LogP contribution < -0.4 is 10.2 Å². The first kappa shape index (κ1) is 23.1. The number of amides is 1. The standard InChI is InChI=1S/C27H32N2O4/c1-6-18-8-13-22-21(16-18)25(30)23-24(19-9-11-20(12-10-19)32-17(2)3)29(15-7-14-28(4)5)27(31)26(23)33-22/h8-13,16-17,24H,6-7,14-15H2,1-5H3. The second-order valence-electron chi connectivity index (χ2n) is 9.15. The van der Waals surface area contributed by atoms with Crippen LogP contribution >= 0.6 is 0 Å². The number of ether oxygens (including phenoxy) is 1. The zero-order valence-corrected chi connectivity index (χ0v) is 20.1. The highest BCUT2D eigenvalue weighted by molar-refractivity contribution is 5.99. The second kappa shape index (κ2) is 9.40. The first-order chi connectivity index (χ1) is 15.8. The molecule has 4 rings (SSSR count). The van der Waals surface area contributed by atoms with Crippen LogP contribution in [0, 0.1) is 0 Å². The number of fused-ring (bicyclic) bond motifs is 2. The normalized spacial score (nSPS) is 15.7. The Labute approximate surface area is 194 Å². The van der Waals surface area contributed by atoms with Crippen LogP contribution in [-0.4, -0.2) is 49.0 Å². The fraction of sp³-hybridized carbons (Fsp3) is 0.407. The van der Waals surface area contributed by atoms with Gasteiger partial charge in [0, 0.05) is 6.54 Å². The van der Waals surface area contributed by atoms with Gasteiger partial charge in [-0.1, -0.05) is 25.1 Å². The highest BCUT2D eigenvalue weighted by Gasteiger charge is 2.42. The number of aryl methyl sites for hydroxylation is 1. The van der Waals surface area contributed by atoms with Crippen molar-refractivity contribution in [3.05, 3.63) is 75.1 Å². The molecule has 0 spiro atoms. The Kier molecular flexibility index (Phi) is 6.56. The molecular formula is C27H32N2O4. The van der Waals surface area contributed by atoms with Gasteiger partial charge in [-0.05, 0) is 82.7 Å². The summed E-state index contributed by atoms with van der Waals surface area (Å²) in [6, 6.07) is 12.8. The van der Waals surface area contributed by atoms with Crippen molar-refractivity contribution in [1.29, 1.82) is 0 Å². The number of hydrogen-bond donors (Lipinski definition) is 0. The molecule has 6 nitrogen and oxygen atoms in total. The summed E-state index contributed by atoms with van der Waals surface area (Å²) in [5.74, 6) is 0.694. The quantitative estimate of drug-likeness (QED) is 0.502. The van der Waals surface area contributed by atoms with Gasteiger partial charge in [-0.25, -0.2) is 0 Å². The van der Waals surface area contributed by atoms with Gasteiger partial charge in [0.25, 0.3) is 5.91 Å². The van der Waals surface area contributed by atoms with Crippen molar-refractivity contribution in [2.75, 3.05) is 27.2 Å². The van der Waals surface area contributed by atoms with Gasteiger partial charge in [0.15, 0.2) is 5.43 Å². The van der Waals surface area contributed by atoms with Gasteiger partial charge >= 0.3 is 0 Å². The lowest BCUT2D eigenvalue weighted by Gasteiger charge is -2.26. The van der Waals surface area contributed by atoms with Gasteiger partial charge in [0.05, 0.1) is 23.1 Å². The van der Waals surface area contributed by atoms with E-state index in [4.69, 9.17) is 9.15 Å². The Morgan fingerprint density at radius 1 is 1.09 bits per heavy atom. The molecule has 1 unspecified atom stereocenters. The lowest BCUT2D eigenvalue weighted by Crippen LogP contribution is -2.32. The van der Waals surface area contributed by atoms with Gasteiger partial charge in [-0.3, -0.25) is 9.59 Å². The van der Waals surface area contributed by atoms with Crippen molar-refractivity contribution in [3.8, 4) is 5.75 Å². The van der Waals surface area contributed by atoms with E-state index in [0.717, 1.165) is 36.3 Å². The summed E-state index contributed by atoms with van der Waals surface area (Å²) >= 11 is 0. The molecule has 0 saturated heterocycles. The summed E-state index contributed by atoms with van der Waals surface area (Å²) in [5.41, 5.74) is 2.70. The summed E-state index contributed by atoms with van der Waals surface area (Å²) in [6.45, 7) is 7.39. The van der Waals surface area contributed by atoms with Crippen LogP contribution in [0.3, 0.4) is 0 Å². The number of carbonyl (C=O) groups excluding carboxylic acids is 1. The largest absolute Gasteiger partial charge is 0.491 e. The van der Waals surface area contributed by atoms with Crippen LogP contribution in [0.25, 0.3) is 11.0 Å². The minimum absolute atomic E-state index is 0.0679. The fourth-order valence-electron chi connectivity index (χ4n) is 4.42. The van der Waals surface area contributed by atoms with Gasteiger partial charge in [0.2, 0.25) is 5.76 Å². The van der Waals surface area contributed by atoms with E-state index >= 15 is 0 Å². The molecule has 33 heavy (non-hydrogen) atoms. The molecule has 174 valence electrons. The Morgan fingerprint density at radius 2 is 1.82 bits per heavy atom. The second-order valence-corrected chi connectivity index (χ2v) is 9.15. The minimum atomic E-state index is -0.478. The van der Waals surface area contributed by atoms with Gasteiger partial charge < -0.3 is 19.0 Å². The predicted octanol–water partition coefficient (Wildman–Crippen LogP) is 4.64. The number of hydrogen-bond acceptors (Lipinski definition) is 5. The van der Waals surface area contributed by atoms with Crippen LogP contribution in [0.1, 0.15) is 60.5 Å². The van der Waals surface area contributed by atoms with Crippen LogP contribution in [0.2, 0.25) is 0 Å². The van der Waals surface area contributed by atoms with E-state index in [0.29, 0.717) is 23.1 Å². The molecule has 0 N–H and O–H groups in total. The molecule has 1 atom stereocenters. The molecule has 0 radical (unpaired) electrons.